The van der Waals surface area contributed by atoms with Gasteiger partial charge in [-0.2, -0.15) is 4.39 Å². The van der Waals surface area contributed by atoms with Crippen molar-refractivity contribution in [2.24, 2.45) is 17.8 Å². The summed E-state index contributed by atoms with van der Waals surface area (Å²) in [4.78, 5) is 0. The molecule has 0 aromatic heterocycles. The summed E-state index contributed by atoms with van der Waals surface area (Å²) in [5.74, 6) is 0.362. The van der Waals surface area contributed by atoms with Crippen molar-refractivity contribution in [1.29, 1.82) is 0 Å². The van der Waals surface area contributed by atoms with Crippen LogP contribution in [0.2, 0.25) is 0 Å². The normalized spacial score (nSPS) is 26.4. The highest BCUT2D eigenvalue weighted by atomic mass is 19.2. The molecular formula is C28H34F2O2. The molecule has 1 saturated carbocycles. The second-order valence-corrected chi connectivity index (χ2v) is 9.15. The fraction of sp³-hybridized carbons (Fsp3) is 0.500. The third-order valence-electron chi connectivity index (χ3n) is 7.20. The van der Waals surface area contributed by atoms with Crippen molar-refractivity contribution in [3.8, 4) is 16.9 Å². The van der Waals surface area contributed by atoms with Crippen molar-refractivity contribution in [3.63, 3.8) is 0 Å². The zero-order valence-electron chi connectivity index (χ0n) is 19.2. The first-order valence-corrected chi connectivity index (χ1v) is 12.1. The molecule has 0 radical (unpaired) electrons. The van der Waals surface area contributed by atoms with Crippen LogP contribution in [0.5, 0.6) is 5.75 Å². The molecule has 1 heterocycles. The van der Waals surface area contributed by atoms with E-state index in [9.17, 15) is 8.78 Å². The molecule has 2 atom stereocenters. The molecule has 2 nitrogen and oxygen atoms in total. The smallest absolute Gasteiger partial charge is 0.201 e. The highest BCUT2D eigenvalue weighted by Gasteiger charge is 2.31. The van der Waals surface area contributed by atoms with Crippen LogP contribution >= 0.6 is 0 Å². The van der Waals surface area contributed by atoms with Crippen LogP contribution < -0.4 is 4.74 Å². The minimum atomic E-state index is -0.935. The van der Waals surface area contributed by atoms with Gasteiger partial charge >= 0.3 is 0 Å². The molecule has 2 aromatic rings. The Hall–Kier alpha value is -2.20. The number of ether oxygens (including phenoxy) is 2. The van der Waals surface area contributed by atoms with Crippen LogP contribution in [0.3, 0.4) is 0 Å². The average molecular weight is 441 g/mol. The maximum Gasteiger partial charge on any atom is 0.201 e. The van der Waals surface area contributed by atoms with Gasteiger partial charge in [0, 0.05) is 5.56 Å². The Morgan fingerprint density at radius 2 is 1.62 bits per heavy atom. The second-order valence-electron chi connectivity index (χ2n) is 9.15. The molecule has 4 rings (SSSR count). The standard InChI is InChI=1S/C28H34F2O2/c1-3-5-19-6-8-20(9-7-19)23-14-16-25(32-18-23)22-12-10-21(11-13-22)24-15-17-26(31-4-2)28(30)27(24)29/h3,5,10-13,15,17,19-20,23,25H,4,6-9,14,16,18H2,1-2H3. The van der Waals surface area contributed by atoms with E-state index in [1.165, 1.54) is 38.2 Å². The van der Waals surface area contributed by atoms with E-state index < -0.39 is 11.6 Å². The molecule has 2 unspecified atom stereocenters. The minimum Gasteiger partial charge on any atom is -0.491 e. The summed E-state index contributed by atoms with van der Waals surface area (Å²) in [7, 11) is 0. The Bertz CT molecular complexity index is 906. The molecule has 4 heteroatoms. The lowest BCUT2D eigenvalue weighted by Crippen LogP contribution is -2.29. The summed E-state index contributed by atoms with van der Waals surface area (Å²) in [6.07, 6.45) is 12.1. The van der Waals surface area contributed by atoms with Gasteiger partial charge in [-0.1, -0.05) is 36.4 Å². The van der Waals surface area contributed by atoms with E-state index in [4.69, 9.17) is 9.47 Å². The molecule has 2 aromatic carbocycles. The van der Waals surface area contributed by atoms with E-state index >= 15 is 0 Å². The van der Waals surface area contributed by atoms with Gasteiger partial charge in [-0.25, -0.2) is 4.39 Å². The summed E-state index contributed by atoms with van der Waals surface area (Å²) in [5, 5.41) is 0. The van der Waals surface area contributed by atoms with Gasteiger partial charge in [-0.15, -0.1) is 0 Å². The lowest BCUT2D eigenvalue weighted by molar-refractivity contribution is -0.0395. The van der Waals surface area contributed by atoms with Crippen LogP contribution in [-0.2, 0) is 4.74 Å². The van der Waals surface area contributed by atoms with Gasteiger partial charge in [-0.05, 0) is 93.4 Å². The number of halogens is 2. The molecule has 1 aliphatic heterocycles. The number of allylic oxidation sites excluding steroid dienone is 2. The van der Waals surface area contributed by atoms with Crippen LogP contribution in [0.15, 0.2) is 48.6 Å². The Labute approximate surface area is 190 Å². The van der Waals surface area contributed by atoms with Crippen LogP contribution in [0.4, 0.5) is 8.78 Å². The molecule has 0 N–H and O–H groups in total. The SMILES string of the molecule is CC=CC1CCC(C2CCC(c3ccc(-c4ccc(OCC)c(F)c4F)cc3)OC2)CC1. The predicted molar refractivity (Wildman–Crippen MR) is 125 cm³/mol. The predicted octanol–water partition coefficient (Wildman–Crippen LogP) is 7.88. The van der Waals surface area contributed by atoms with Crippen LogP contribution in [-0.4, -0.2) is 13.2 Å². The minimum absolute atomic E-state index is 0.0501. The number of rotatable bonds is 6. The first kappa shape index (κ1) is 23.0. The van der Waals surface area contributed by atoms with Crippen LogP contribution in [0.25, 0.3) is 11.1 Å². The molecule has 0 bridgehead atoms. The van der Waals surface area contributed by atoms with Crippen LogP contribution in [0, 0.1) is 29.4 Å². The first-order valence-electron chi connectivity index (χ1n) is 12.1. The average Bonchev–Trinajstić information content (AvgIpc) is 2.83. The van der Waals surface area contributed by atoms with Gasteiger partial charge in [-0.3, -0.25) is 0 Å². The maximum atomic E-state index is 14.5. The van der Waals surface area contributed by atoms with Gasteiger partial charge in [0.2, 0.25) is 5.82 Å². The monoisotopic (exact) mass is 440 g/mol. The van der Waals surface area contributed by atoms with Crippen molar-refractivity contribution in [3.05, 3.63) is 65.7 Å². The third kappa shape index (κ3) is 5.06. The quantitative estimate of drug-likeness (QED) is 0.425. The van der Waals surface area contributed by atoms with Gasteiger partial charge in [0.25, 0.3) is 0 Å². The topological polar surface area (TPSA) is 18.5 Å². The van der Waals surface area contributed by atoms with E-state index in [0.717, 1.165) is 30.4 Å². The molecule has 0 spiro atoms. The van der Waals surface area contributed by atoms with Crippen molar-refractivity contribution in [2.75, 3.05) is 13.2 Å². The molecule has 2 fully saturated rings. The summed E-state index contributed by atoms with van der Waals surface area (Å²) in [5.41, 5.74) is 2.01. The lowest BCUT2D eigenvalue weighted by atomic mass is 9.73. The van der Waals surface area contributed by atoms with Gasteiger partial charge in [0.1, 0.15) is 0 Å². The maximum absolute atomic E-state index is 14.5. The molecule has 2 aliphatic rings. The fourth-order valence-corrected chi connectivity index (χ4v) is 5.39. The summed E-state index contributed by atoms with van der Waals surface area (Å²) >= 11 is 0. The summed E-state index contributed by atoms with van der Waals surface area (Å²) in [6.45, 7) is 4.98. The van der Waals surface area contributed by atoms with Crippen LogP contribution in [0.1, 0.15) is 64.0 Å². The van der Waals surface area contributed by atoms with E-state index in [1.807, 2.05) is 24.3 Å². The summed E-state index contributed by atoms with van der Waals surface area (Å²) in [6, 6.07) is 10.7. The van der Waals surface area contributed by atoms with Crippen molar-refractivity contribution in [1.82, 2.24) is 0 Å². The van der Waals surface area contributed by atoms with E-state index in [1.54, 1.807) is 13.0 Å². The van der Waals surface area contributed by atoms with Crippen molar-refractivity contribution >= 4 is 0 Å². The highest BCUT2D eigenvalue weighted by molar-refractivity contribution is 5.65. The molecule has 172 valence electrons. The zero-order valence-corrected chi connectivity index (χ0v) is 19.2. The highest BCUT2D eigenvalue weighted by Crippen LogP contribution is 2.41. The number of hydrogen-bond donors (Lipinski definition) is 0. The second kappa shape index (κ2) is 10.6. The largest absolute Gasteiger partial charge is 0.491 e. The van der Waals surface area contributed by atoms with Crippen molar-refractivity contribution < 1.29 is 18.3 Å². The number of benzene rings is 2. The third-order valence-corrected chi connectivity index (χ3v) is 7.20. The lowest BCUT2D eigenvalue weighted by Gasteiger charge is -2.37. The Balaban J connectivity index is 1.35. The number of hydrogen-bond acceptors (Lipinski definition) is 2. The molecule has 0 amide bonds. The summed E-state index contributed by atoms with van der Waals surface area (Å²) < 4.78 is 40.2. The Kier molecular flexibility index (Phi) is 7.62. The molecular weight excluding hydrogens is 406 g/mol. The van der Waals surface area contributed by atoms with Gasteiger partial charge in [0.05, 0.1) is 19.3 Å². The van der Waals surface area contributed by atoms with E-state index in [-0.39, 0.29) is 17.4 Å². The van der Waals surface area contributed by atoms with Crippen molar-refractivity contribution in [2.45, 2.75) is 58.5 Å². The fourth-order valence-electron chi connectivity index (χ4n) is 5.39. The van der Waals surface area contributed by atoms with E-state index in [0.29, 0.717) is 18.1 Å². The Morgan fingerprint density at radius 3 is 2.25 bits per heavy atom. The Morgan fingerprint density at radius 1 is 0.906 bits per heavy atom. The van der Waals surface area contributed by atoms with E-state index in [2.05, 4.69) is 19.1 Å². The molecule has 32 heavy (non-hydrogen) atoms. The first-order chi connectivity index (χ1) is 15.6. The molecule has 1 saturated heterocycles. The molecule has 1 aliphatic carbocycles. The van der Waals surface area contributed by atoms with Gasteiger partial charge in [0.15, 0.2) is 11.6 Å². The zero-order chi connectivity index (χ0) is 22.5. The van der Waals surface area contributed by atoms with Gasteiger partial charge < -0.3 is 9.47 Å².